The van der Waals surface area contributed by atoms with Gasteiger partial charge in [0, 0.05) is 23.5 Å². The molecule has 1 aliphatic carbocycles. The van der Waals surface area contributed by atoms with Gasteiger partial charge >= 0.3 is 0 Å². The van der Waals surface area contributed by atoms with Crippen molar-refractivity contribution in [2.24, 2.45) is 5.92 Å². The molecule has 0 bridgehead atoms. The van der Waals surface area contributed by atoms with Crippen LogP contribution in [-0.2, 0) is 17.4 Å². The third kappa shape index (κ3) is 5.45. The molecular weight excluding hydrogens is 390 g/mol. The van der Waals surface area contributed by atoms with Crippen LogP contribution in [0.3, 0.4) is 0 Å². The largest absolute Gasteiger partial charge is 0.344 e. The number of ketones is 1. The first-order chi connectivity index (χ1) is 14.9. The summed E-state index contributed by atoms with van der Waals surface area (Å²) in [5, 5.41) is 0. The van der Waals surface area contributed by atoms with Gasteiger partial charge in [-0.25, -0.2) is 0 Å². The van der Waals surface area contributed by atoms with Gasteiger partial charge in [0.05, 0.1) is 0 Å². The molecule has 0 N–H and O–H groups in total. The zero-order valence-corrected chi connectivity index (χ0v) is 21.6. The number of carbonyl (C=O) groups excluding carboxylic acids is 1. The lowest BCUT2D eigenvalue weighted by Crippen LogP contribution is -2.18. The Bertz CT molecular complexity index is 953. The first kappa shape index (κ1) is 24.6. The van der Waals surface area contributed by atoms with E-state index >= 15 is 0 Å². The van der Waals surface area contributed by atoms with E-state index in [2.05, 4.69) is 77.3 Å². The monoisotopic (exact) mass is 433 g/mol. The van der Waals surface area contributed by atoms with Crippen LogP contribution in [0.2, 0.25) is 0 Å². The molecule has 1 heterocycles. The minimum atomic E-state index is 0.0649. The van der Waals surface area contributed by atoms with E-state index in [1.165, 1.54) is 54.5 Å². The highest BCUT2D eigenvalue weighted by atomic mass is 16.1. The molecule has 32 heavy (non-hydrogen) atoms. The molecule has 2 nitrogen and oxygen atoms in total. The smallest absolute Gasteiger partial charge is 0.187 e. The Morgan fingerprint density at radius 3 is 2.00 bits per heavy atom. The molecule has 1 fully saturated rings. The SMILES string of the molecule is C/C=C/C(=O)c1cc(-c2cc(C(C)(C)C)cc(C(C)(C)C)c2)n(CC2CCCCC2)c1C. The number of allylic oxidation sites excluding steroid dienone is 2. The third-order valence-electron chi connectivity index (χ3n) is 7.08. The van der Waals surface area contributed by atoms with Crippen LogP contribution >= 0.6 is 0 Å². The van der Waals surface area contributed by atoms with Gasteiger partial charge in [0.2, 0.25) is 0 Å². The molecule has 0 unspecified atom stereocenters. The highest BCUT2D eigenvalue weighted by Crippen LogP contribution is 2.37. The molecule has 0 atom stereocenters. The van der Waals surface area contributed by atoms with Crippen molar-refractivity contribution in [1.29, 1.82) is 0 Å². The van der Waals surface area contributed by atoms with Crippen molar-refractivity contribution in [3.8, 4) is 11.3 Å². The molecule has 0 spiro atoms. The summed E-state index contributed by atoms with van der Waals surface area (Å²) in [6.07, 6.45) is 10.2. The topological polar surface area (TPSA) is 22.0 Å². The molecule has 0 saturated heterocycles. The summed E-state index contributed by atoms with van der Waals surface area (Å²) < 4.78 is 2.45. The first-order valence-electron chi connectivity index (χ1n) is 12.5. The van der Waals surface area contributed by atoms with E-state index < -0.39 is 0 Å². The molecule has 1 aromatic heterocycles. The standard InChI is InChI=1S/C30H43NO/c1-9-13-28(32)26-19-27(31(21(26)2)20-22-14-11-10-12-15-22)23-16-24(29(3,4)5)18-25(17-23)30(6,7)8/h9,13,16-19,22H,10-12,14-15,20H2,1-8H3/b13-9+. The van der Waals surface area contributed by atoms with E-state index in [9.17, 15) is 4.79 Å². The van der Waals surface area contributed by atoms with E-state index in [0.717, 1.165) is 17.8 Å². The van der Waals surface area contributed by atoms with Gasteiger partial charge in [0.25, 0.3) is 0 Å². The lowest BCUT2D eigenvalue weighted by Gasteiger charge is -2.27. The van der Waals surface area contributed by atoms with Crippen molar-refractivity contribution in [1.82, 2.24) is 4.57 Å². The quantitative estimate of drug-likeness (QED) is 0.343. The van der Waals surface area contributed by atoms with Crippen LogP contribution in [0.5, 0.6) is 0 Å². The number of aromatic nitrogens is 1. The van der Waals surface area contributed by atoms with Crippen molar-refractivity contribution >= 4 is 5.78 Å². The Balaban J connectivity index is 2.20. The van der Waals surface area contributed by atoms with Crippen LogP contribution in [0, 0.1) is 12.8 Å². The number of nitrogens with zero attached hydrogens (tertiary/aromatic N) is 1. The summed E-state index contributed by atoms with van der Waals surface area (Å²) in [5.41, 5.74) is 7.21. The number of carbonyl (C=O) groups is 1. The number of hydrogen-bond donors (Lipinski definition) is 0. The minimum absolute atomic E-state index is 0.0649. The zero-order chi connectivity index (χ0) is 23.7. The summed E-state index contributed by atoms with van der Waals surface area (Å²) in [6, 6.07) is 9.22. The molecule has 0 radical (unpaired) electrons. The van der Waals surface area contributed by atoms with Crippen LogP contribution in [0.15, 0.2) is 36.4 Å². The van der Waals surface area contributed by atoms with Crippen LogP contribution in [0.1, 0.15) is 108 Å². The van der Waals surface area contributed by atoms with Gasteiger partial charge in [-0.15, -0.1) is 0 Å². The Morgan fingerprint density at radius 1 is 0.938 bits per heavy atom. The Labute approximate surface area is 196 Å². The molecule has 2 heteroatoms. The lowest BCUT2D eigenvalue weighted by atomic mass is 9.79. The highest BCUT2D eigenvalue weighted by molar-refractivity contribution is 6.06. The molecule has 1 aromatic carbocycles. The van der Waals surface area contributed by atoms with Crippen molar-refractivity contribution < 1.29 is 4.79 Å². The molecule has 0 aliphatic heterocycles. The van der Waals surface area contributed by atoms with Gasteiger partial charge in [-0.2, -0.15) is 0 Å². The van der Waals surface area contributed by atoms with Gasteiger partial charge < -0.3 is 4.57 Å². The van der Waals surface area contributed by atoms with Gasteiger partial charge in [-0.1, -0.05) is 72.9 Å². The van der Waals surface area contributed by atoms with Crippen molar-refractivity contribution in [2.75, 3.05) is 0 Å². The summed E-state index contributed by atoms with van der Waals surface area (Å²) >= 11 is 0. The average Bonchev–Trinajstić information content (AvgIpc) is 3.04. The normalized spacial score (nSPS) is 16.1. The fraction of sp³-hybridized carbons (Fsp3) is 0.567. The summed E-state index contributed by atoms with van der Waals surface area (Å²) in [4.78, 5) is 12.9. The Hall–Kier alpha value is -2.09. The van der Waals surface area contributed by atoms with Crippen LogP contribution < -0.4 is 0 Å². The van der Waals surface area contributed by atoms with E-state index in [1.54, 1.807) is 6.08 Å². The molecule has 3 rings (SSSR count). The number of benzene rings is 1. The second-order valence-corrected chi connectivity index (χ2v) is 11.8. The molecule has 1 aliphatic rings. The van der Waals surface area contributed by atoms with Crippen LogP contribution in [0.4, 0.5) is 0 Å². The molecule has 1 saturated carbocycles. The second kappa shape index (κ2) is 9.41. The van der Waals surface area contributed by atoms with Gasteiger partial charge in [0.1, 0.15) is 0 Å². The first-order valence-corrected chi connectivity index (χ1v) is 12.5. The van der Waals surface area contributed by atoms with Gasteiger partial charge in [0.15, 0.2) is 5.78 Å². The van der Waals surface area contributed by atoms with Crippen molar-refractivity contribution in [3.63, 3.8) is 0 Å². The Morgan fingerprint density at radius 2 is 1.50 bits per heavy atom. The van der Waals surface area contributed by atoms with E-state index in [0.29, 0.717) is 5.92 Å². The highest BCUT2D eigenvalue weighted by Gasteiger charge is 2.25. The van der Waals surface area contributed by atoms with E-state index in [1.807, 2.05) is 13.0 Å². The van der Waals surface area contributed by atoms with Crippen LogP contribution in [-0.4, -0.2) is 10.4 Å². The van der Waals surface area contributed by atoms with Gasteiger partial charge in [-0.05, 0) is 84.4 Å². The second-order valence-electron chi connectivity index (χ2n) is 11.8. The molecule has 2 aromatic rings. The molecule has 0 amide bonds. The predicted octanol–water partition coefficient (Wildman–Crippen LogP) is 8.40. The van der Waals surface area contributed by atoms with E-state index in [4.69, 9.17) is 0 Å². The van der Waals surface area contributed by atoms with Gasteiger partial charge in [-0.3, -0.25) is 4.79 Å². The third-order valence-corrected chi connectivity index (χ3v) is 7.08. The zero-order valence-electron chi connectivity index (χ0n) is 21.6. The van der Waals surface area contributed by atoms with E-state index in [-0.39, 0.29) is 16.6 Å². The van der Waals surface area contributed by atoms with Crippen LogP contribution in [0.25, 0.3) is 11.3 Å². The summed E-state index contributed by atoms with van der Waals surface area (Å²) in [5.74, 6) is 0.808. The van der Waals surface area contributed by atoms with Crippen molar-refractivity contribution in [3.05, 3.63) is 58.8 Å². The number of rotatable bonds is 5. The number of hydrogen-bond acceptors (Lipinski definition) is 1. The maximum atomic E-state index is 12.9. The summed E-state index contributed by atoms with van der Waals surface area (Å²) in [7, 11) is 0. The molecular formula is C30H43NO. The molecule has 174 valence electrons. The summed E-state index contributed by atoms with van der Waals surface area (Å²) in [6.45, 7) is 18.7. The lowest BCUT2D eigenvalue weighted by molar-refractivity contribution is 0.104. The maximum Gasteiger partial charge on any atom is 0.187 e. The average molecular weight is 434 g/mol. The fourth-order valence-electron chi connectivity index (χ4n) is 4.88. The minimum Gasteiger partial charge on any atom is -0.344 e. The predicted molar refractivity (Wildman–Crippen MR) is 138 cm³/mol. The fourth-order valence-corrected chi connectivity index (χ4v) is 4.88. The Kier molecular flexibility index (Phi) is 7.22. The van der Waals surface area contributed by atoms with Crippen molar-refractivity contribution in [2.45, 2.75) is 105 Å². The maximum absolute atomic E-state index is 12.9.